The molecule has 7 heteroatoms. The molecule has 0 saturated carbocycles. The van der Waals surface area contributed by atoms with E-state index in [9.17, 15) is 22.4 Å². The van der Waals surface area contributed by atoms with Gasteiger partial charge in [-0.3, -0.25) is 4.79 Å². The molecular weight excluding hydrogens is 294 g/mol. The molecule has 0 aliphatic rings. The first-order valence-electron chi connectivity index (χ1n) is 5.36. The molecule has 0 saturated heterocycles. The quantitative estimate of drug-likeness (QED) is 0.628. The van der Waals surface area contributed by atoms with Crippen LogP contribution in [0.15, 0.2) is 46.5 Å². The Bertz CT molecular complexity index is 625. The molecule has 0 aliphatic carbocycles. The topological polar surface area (TPSA) is 30.0 Å². The minimum absolute atomic E-state index is 0.0368. The molecule has 104 valence electrons. The minimum Gasteiger partial charge on any atom is -0.298 e. The third kappa shape index (κ3) is 3.16. The average Bonchev–Trinajstić information content (AvgIpc) is 2.40. The van der Waals surface area contributed by atoms with Crippen LogP contribution in [0.5, 0.6) is 0 Å². The summed E-state index contributed by atoms with van der Waals surface area (Å²) in [5.74, 6) is -0.624. The van der Waals surface area contributed by atoms with Gasteiger partial charge in [0.1, 0.15) is 10.8 Å². The van der Waals surface area contributed by atoms with E-state index in [0.717, 1.165) is 23.9 Å². The maximum Gasteiger partial charge on any atom is 0.417 e. The zero-order valence-electron chi connectivity index (χ0n) is 9.82. The number of alkyl halides is 3. The first-order valence-corrected chi connectivity index (χ1v) is 6.18. The average molecular weight is 301 g/mol. The van der Waals surface area contributed by atoms with Crippen LogP contribution in [0.25, 0.3) is 0 Å². The van der Waals surface area contributed by atoms with E-state index >= 15 is 0 Å². The lowest BCUT2D eigenvalue weighted by Crippen LogP contribution is -2.05. The van der Waals surface area contributed by atoms with E-state index in [4.69, 9.17) is 0 Å². The Morgan fingerprint density at radius 1 is 1.15 bits per heavy atom. The molecule has 1 aromatic heterocycles. The van der Waals surface area contributed by atoms with Crippen molar-refractivity contribution in [3.8, 4) is 0 Å². The standard InChI is InChI=1S/C13H7F4NOS/c14-10-3-1-2-8(7-19)12(10)20-11-5-4-9(6-18-11)13(15,16)17/h1-7H. The van der Waals surface area contributed by atoms with Crippen molar-refractivity contribution in [1.29, 1.82) is 0 Å². The second-order valence-corrected chi connectivity index (χ2v) is 4.79. The molecule has 2 aromatic rings. The highest BCUT2D eigenvalue weighted by Gasteiger charge is 2.30. The van der Waals surface area contributed by atoms with Gasteiger partial charge in [0.15, 0.2) is 6.29 Å². The van der Waals surface area contributed by atoms with Crippen molar-refractivity contribution in [3.63, 3.8) is 0 Å². The van der Waals surface area contributed by atoms with E-state index in [1.54, 1.807) is 0 Å². The lowest BCUT2D eigenvalue weighted by atomic mass is 10.2. The van der Waals surface area contributed by atoms with Crippen LogP contribution in [0.1, 0.15) is 15.9 Å². The fraction of sp³-hybridized carbons (Fsp3) is 0.0769. The molecule has 0 aliphatic heterocycles. The molecule has 20 heavy (non-hydrogen) atoms. The number of pyridine rings is 1. The van der Waals surface area contributed by atoms with Crippen molar-refractivity contribution in [2.75, 3.05) is 0 Å². The summed E-state index contributed by atoms with van der Waals surface area (Å²) in [5.41, 5.74) is -0.761. The number of carbonyl (C=O) groups excluding carboxylic acids is 1. The van der Waals surface area contributed by atoms with Crippen molar-refractivity contribution in [2.24, 2.45) is 0 Å². The van der Waals surface area contributed by atoms with Crippen LogP contribution in [0, 0.1) is 5.82 Å². The van der Waals surface area contributed by atoms with Gasteiger partial charge in [0.05, 0.1) is 10.5 Å². The smallest absolute Gasteiger partial charge is 0.298 e. The highest BCUT2D eigenvalue weighted by atomic mass is 32.2. The van der Waals surface area contributed by atoms with Gasteiger partial charge in [-0.1, -0.05) is 23.9 Å². The molecule has 0 atom stereocenters. The fourth-order valence-corrected chi connectivity index (χ4v) is 2.29. The predicted molar refractivity (Wildman–Crippen MR) is 65.1 cm³/mol. The summed E-state index contributed by atoms with van der Waals surface area (Å²) in [6, 6.07) is 5.95. The van der Waals surface area contributed by atoms with Gasteiger partial charge in [0.25, 0.3) is 0 Å². The Balaban J connectivity index is 2.29. The van der Waals surface area contributed by atoms with Gasteiger partial charge < -0.3 is 0 Å². The van der Waals surface area contributed by atoms with E-state index in [-0.39, 0.29) is 15.5 Å². The Hall–Kier alpha value is -1.89. The second kappa shape index (κ2) is 5.62. The van der Waals surface area contributed by atoms with Gasteiger partial charge in [-0.25, -0.2) is 9.37 Å². The fourth-order valence-electron chi connectivity index (χ4n) is 1.44. The lowest BCUT2D eigenvalue weighted by molar-refractivity contribution is -0.137. The summed E-state index contributed by atoms with van der Waals surface area (Å²) >= 11 is 0.800. The maximum absolute atomic E-state index is 13.6. The monoisotopic (exact) mass is 301 g/mol. The summed E-state index contributed by atoms with van der Waals surface area (Å²) in [4.78, 5) is 14.5. The molecule has 2 nitrogen and oxygen atoms in total. The van der Waals surface area contributed by atoms with Gasteiger partial charge in [0.2, 0.25) is 0 Å². The zero-order chi connectivity index (χ0) is 14.8. The summed E-state index contributed by atoms with van der Waals surface area (Å²) in [5, 5.41) is 0.172. The predicted octanol–water partition coefficient (Wildman–Crippen LogP) is 4.20. The van der Waals surface area contributed by atoms with Crippen LogP contribution < -0.4 is 0 Å². The van der Waals surface area contributed by atoms with E-state index in [1.165, 1.54) is 18.2 Å². The van der Waals surface area contributed by atoms with Crippen molar-refractivity contribution in [2.45, 2.75) is 16.1 Å². The third-order valence-corrected chi connectivity index (χ3v) is 3.48. The van der Waals surface area contributed by atoms with Crippen LogP contribution in [0.2, 0.25) is 0 Å². The van der Waals surface area contributed by atoms with Crippen molar-refractivity contribution >= 4 is 18.0 Å². The third-order valence-electron chi connectivity index (χ3n) is 2.39. The second-order valence-electron chi connectivity index (χ2n) is 3.76. The Morgan fingerprint density at radius 2 is 1.90 bits per heavy atom. The Kier molecular flexibility index (Phi) is 4.08. The number of benzene rings is 1. The number of nitrogens with zero attached hydrogens (tertiary/aromatic N) is 1. The van der Waals surface area contributed by atoms with Crippen molar-refractivity contribution in [1.82, 2.24) is 4.98 Å². The number of hydrogen-bond donors (Lipinski definition) is 0. The van der Waals surface area contributed by atoms with Crippen LogP contribution in [0.3, 0.4) is 0 Å². The molecule has 2 rings (SSSR count). The molecule has 0 N–H and O–H groups in total. The first-order chi connectivity index (χ1) is 9.41. The Morgan fingerprint density at radius 3 is 2.45 bits per heavy atom. The number of carbonyl (C=O) groups is 1. The normalized spacial score (nSPS) is 11.4. The van der Waals surface area contributed by atoms with Gasteiger partial charge >= 0.3 is 6.18 Å². The summed E-state index contributed by atoms with van der Waals surface area (Å²) in [6.45, 7) is 0. The maximum atomic E-state index is 13.6. The van der Waals surface area contributed by atoms with Crippen molar-refractivity contribution in [3.05, 3.63) is 53.5 Å². The molecule has 0 radical (unpaired) electrons. The van der Waals surface area contributed by atoms with Gasteiger partial charge in [-0.15, -0.1) is 0 Å². The van der Waals surface area contributed by atoms with Crippen molar-refractivity contribution < 1.29 is 22.4 Å². The highest BCUT2D eigenvalue weighted by molar-refractivity contribution is 7.99. The minimum atomic E-state index is -4.47. The van der Waals surface area contributed by atoms with Crippen LogP contribution in [-0.4, -0.2) is 11.3 Å². The van der Waals surface area contributed by atoms with E-state index in [2.05, 4.69) is 4.98 Å². The molecule has 0 fully saturated rings. The summed E-state index contributed by atoms with van der Waals surface area (Å²) in [6.07, 6.45) is -3.32. The SMILES string of the molecule is O=Cc1cccc(F)c1Sc1ccc(C(F)(F)F)cn1. The molecule has 1 heterocycles. The summed E-state index contributed by atoms with van der Waals surface area (Å²) in [7, 11) is 0. The van der Waals surface area contributed by atoms with E-state index in [0.29, 0.717) is 12.5 Å². The molecule has 0 unspecified atom stereocenters. The summed E-state index contributed by atoms with van der Waals surface area (Å²) < 4.78 is 50.7. The van der Waals surface area contributed by atoms with Crippen LogP contribution in [0.4, 0.5) is 17.6 Å². The number of hydrogen-bond acceptors (Lipinski definition) is 3. The first kappa shape index (κ1) is 14.5. The number of halogens is 4. The number of aldehydes is 1. The molecule has 1 aromatic carbocycles. The van der Waals surface area contributed by atoms with E-state index in [1.807, 2.05) is 0 Å². The number of aromatic nitrogens is 1. The molecule has 0 spiro atoms. The molecule has 0 bridgehead atoms. The zero-order valence-corrected chi connectivity index (χ0v) is 10.6. The van der Waals surface area contributed by atoms with Gasteiger partial charge in [0, 0.05) is 11.8 Å². The number of rotatable bonds is 3. The van der Waals surface area contributed by atoms with Crippen LogP contribution in [-0.2, 0) is 6.18 Å². The highest BCUT2D eigenvalue weighted by Crippen LogP contribution is 2.33. The lowest BCUT2D eigenvalue weighted by Gasteiger charge is -2.08. The molecular formula is C13H7F4NOS. The Labute approximate surface area is 115 Å². The molecule has 0 amide bonds. The van der Waals surface area contributed by atoms with E-state index < -0.39 is 17.6 Å². The van der Waals surface area contributed by atoms with Gasteiger partial charge in [-0.05, 0) is 18.2 Å². The van der Waals surface area contributed by atoms with Gasteiger partial charge in [-0.2, -0.15) is 13.2 Å². The van der Waals surface area contributed by atoms with Crippen LogP contribution >= 0.6 is 11.8 Å². The largest absolute Gasteiger partial charge is 0.417 e.